The molecule has 1 unspecified atom stereocenters. The van der Waals surface area contributed by atoms with E-state index in [1.165, 1.54) is 14.0 Å². The maximum absolute atomic E-state index is 12.7. The smallest absolute Gasteiger partial charge is 0.410 e. The summed E-state index contributed by atoms with van der Waals surface area (Å²) in [6.45, 7) is 9.72. The summed E-state index contributed by atoms with van der Waals surface area (Å²) >= 11 is 0. The van der Waals surface area contributed by atoms with Gasteiger partial charge in [-0.2, -0.15) is 0 Å². The molecule has 1 N–H and O–H groups in total. The lowest BCUT2D eigenvalue weighted by molar-refractivity contribution is -0.130. The molecular weight excluding hydrogens is 416 g/mol. The molecule has 0 spiro atoms. The van der Waals surface area contributed by atoms with Crippen LogP contribution in [0.15, 0.2) is 24.3 Å². The molecule has 4 amide bonds. The number of ether oxygens (including phenoxy) is 2. The monoisotopic (exact) mass is 448 g/mol. The first-order valence-electron chi connectivity index (χ1n) is 10.5. The molecule has 0 aromatic heterocycles. The molecule has 0 saturated carbocycles. The van der Waals surface area contributed by atoms with Crippen molar-refractivity contribution in [2.45, 2.75) is 46.3 Å². The molecule has 1 fully saturated rings. The Kier molecular flexibility index (Phi) is 8.07. The largest absolute Gasteiger partial charge is 0.481 e. The van der Waals surface area contributed by atoms with Gasteiger partial charge in [0, 0.05) is 38.8 Å². The number of Topliss-reactive ketones (excluding diaryl/α,β-unsaturated/α-hetero) is 1. The molecule has 0 bridgehead atoms. The number of hydrogen-bond acceptors (Lipinski definition) is 6. The van der Waals surface area contributed by atoms with Crippen LogP contribution in [0.2, 0.25) is 0 Å². The number of hydrazine groups is 1. The SMILES string of the molecule is CC(=O)c1cccc(OC(C)C(=O)NN(C)C(=O)N2CCN(C(=O)OC(C)(C)C)CC2)c1. The molecule has 1 aromatic carbocycles. The van der Waals surface area contributed by atoms with Gasteiger partial charge in [-0.1, -0.05) is 12.1 Å². The van der Waals surface area contributed by atoms with E-state index in [4.69, 9.17) is 9.47 Å². The molecule has 1 aromatic rings. The first kappa shape index (κ1) is 25.0. The molecular formula is C22H32N4O6. The number of carbonyl (C=O) groups excluding carboxylic acids is 4. The lowest BCUT2D eigenvalue weighted by Crippen LogP contribution is -2.57. The summed E-state index contributed by atoms with van der Waals surface area (Å²) in [5.41, 5.74) is 2.40. The van der Waals surface area contributed by atoms with Gasteiger partial charge >= 0.3 is 12.1 Å². The van der Waals surface area contributed by atoms with E-state index in [1.807, 2.05) is 0 Å². The fourth-order valence-electron chi connectivity index (χ4n) is 2.97. The van der Waals surface area contributed by atoms with Crippen molar-refractivity contribution in [1.29, 1.82) is 0 Å². The first-order valence-corrected chi connectivity index (χ1v) is 10.5. The summed E-state index contributed by atoms with van der Waals surface area (Å²) in [6, 6.07) is 6.14. The van der Waals surface area contributed by atoms with Crippen LogP contribution in [0.4, 0.5) is 9.59 Å². The number of rotatable bonds is 4. The van der Waals surface area contributed by atoms with Gasteiger partial charge < -0.3 is 19.3 Å². The summed E-state index contributed by atoms with van der Waals surface area (Å²) in [7, 11) is 1.45. The predicted octanol–water partition coefficient (Wildman–Crippen LogP) is 2.29. The third-order valence-electron chi connectivity index (χ3n) is 4.69. The highest BCUT2D eigenvalue weighted by Gasteiger charge is 2.29. The van der Waals surface area contributed by atoms with E-state index in [-0.39, 0.29) is 5.78 Å². The topological polar surface area (TPSA) is 108 Å². The number of nitrogens with one attached hydrogen (secondary N) is 1. The van der Waals surface area contributed by atoms with Gasteiger partial charge in [0.15, 0.2) is 11.9 Å². The van der Waals surface area contributed by atoms with Gasteiger partial charge in [0.1, 0.15) is 11.4 Å². The number of urea groups is 1. The average molecular weight is 449 g/mol. The molecule has 1 heterocycles. The van der Waals surface area contributed by atoms with Crippen LogP contribution in [0.5, 0.6) is 5.75 Å². The van der Waals surface area contributed by atoms with Crippen molar-refractivity contribution in [2.75, 3.05) is 33.2 Å². The van der Waals surface area contributed by atoms with E-state index in [0.29, 0.717) is 37.5 Å². The molecule has 1 atom stereocenters. The highest BCUT2D eigenvalue weighted by molar-refractivity contribution is 5.94. The Bertz CT molecular complexity index is 858. The lowest BCUT2D eigenvalue weighted by Gasteiger charge is -2.37. The molecule has 0 radical (unpaired) electrons. The maximum atomic E-state index is 12.7. The minimum Gasteiger partial charge on any atom is -0.481 e. The third kappa shape index (κ3) is 7.14. The Labute approximate surface area is 188 Å². The van der Waals surface area contributed by atoms with Crippen LogP contribution in [0.25, 0.3) is 0 Å². The van der Waals surface area contributed by atoms with Crippen LogP contribution in [-0.2, 0) is 9.53 Å². The fraction of sp³-hybridized carbons (Fsp3) is 0.545. The minimum absolute atomic E-state index is 0.107. The molecule has 10 nitrogen and oxygen atoms in total. The van der Waals surface area contributed by atoms with E-state index < -0.39 is 29.7 Å². The van der Waals surface area contributed by atoms with Gasteiger partial charge in [-0.25, -0.2) is 14.6 Å². The van der Waals surface area contributed by atoms with E-state index in [0.717, 1.165) is 5.01 Å². The normalized spacial score (nSPS) is 14.9. The van der Waals surface area contributed by atoms with Crippen molar-refractivity contribution in [2.24, 2.45) is 0 Å². The van der Waals surface area contributed by atoms with Gasteiger partial charge in [0.2, 0.25) is 0 Å². The minimum atomic E-state index is -0.892. The summed E-state index contributed by atoms with van der Waals surface area (Å²) in [5.74, 6) is -0.237. The highest BCUT2D eigenvalue weighted by Crippen LogP contribution is 2.16. The van der Waals surface area contributed by atoms with Crippen molar-refractivity contribution in [3.63, 3.8) is 0 Å². The quantitative estimate of drug-likeness (QED) is 0.559. The van der Waals surface area contributed by atoms with Crippen LogP contribution < -0.4 is 10.2 Å². The predicted molar refractivity (Wildman–Crippen MR) is 117 cm³/mol. The highest BCUT2D eigenvalue weighted by atomic mass is 16.6. The number of benzene rings is 1. The second-order valence-electron chi connectivity index (χ2n) is 8.62. The Hall–Kier alpha value is -3.30. The zero-order chi connectivity index (χ0) is 24.1. The second kappa shape index (κ2) is 10.3. The molecule has 1 aliphatic rings. The lowest BCUT2D eigenvalue weighted by atomic mass is 10.1. The molecule has 1 saturated heterocycles. The molecule has 32 heavy (non-hydrogen) atoms. The summed E-state index contributed by atoms with van der Waals surface area (Å²) in [5, 5.41) is 1.09. The molecule has 2 rings (SSSR count). The van der Waals surface area contributed by atoms with E-state index in [1.54, 1.807) is 61.8 Å². The zero-order valence-corrected chi connectivity index (χ0v) is 19.5. The molecule has 176 valence electrons. The Morgan fingerprint density at radius 1 is 1.06 bits per heavy atom. The Morgan fingerprint density at radius 3 is 2.22 bits per heavy atom. The Balaban J connectivity index is 1.84. The average Bonchev–Trinajstić information content (AvgIpc) is 2.72. The van der Waals surface area contributed by atoms with Crippen molar-refractivity contribution < 1.29 is 28.7 Å². The van der Waals surface area contributed by atoms with E-state index >= 15 is 0 Å². The van der Waals surface area contributed by atoms with Gasteiger partial charge in [0.25, 0.3) is 5.91 Å². The van der Waals surface area contributed by atoms with Crippen molar-refractivity contribution in [3.8, 4) is 5.75 Å². The molecule has 1 aliphatic heterocycles. The van der Waals surface area contributed by atoms with E-state index in [2.05, 4.69) is 5.43 Å². The van der Waals surface area contributed by atoms with Crippen LogP contribution >= 0.6 is 0 Å². The number of amides is 4. The second-order valence-corrected chi connectivity index (χ2v) is 8.62. The standard InChI is InChI=1S/C22H32N4O6/c1-15(27)17-8-7-9-18(14-17)31-16(2)19(28)23-24(6)20(29)25-10-12-26(13-11-25)21(30)32-22(3,4)5/h7-9,14,16H,10-13H2,1-6H3,(H,23,28). The van der Waals surface area contributed by atoms with Gasteiger partial charge in [-0.05, 0) is 46.8 Å². The van der Waals surface area contributed by atoms with Crippen molar-refractivity contribution in [1.82, 2.24) is 20.2 Å². The molecule has 0 aliphatic carbocycles. The van der Waals surface area contributed by atoms with Crippen LogP contribution in [0.3, 0.4) is 0 Å². The molecule has 10 heteroatoms. The summed E-state index contributed by atoms with van der Waals surface area (Å²) in [4.78, 5) is 51.9. The number of piperazine rings is 1. The van der Waals surface area contributed by atoms with Gasteiger partial charge in [-0.3, -0.25) is 15.0 Å². The zero-order valence-electron chi connectivity index (χ0n) is 19.5. The van der Waals surface area contributed by atoms with Gasteiger partial charge in [0.05, 0.1) is 0 Å². The van der Waals surface area contributed by atoms with Crippen molar-refractivity contribution in [3.05, 3.63) is 29.8 Å². The van der Waals surface area contributed by atoms with Crippen LogP contribution in [0, 0.1) is 0 Å². The first-order chi connectivity index (χ1) is 14.9. The van der Waals surface area contributed by atoms with E-state index in [9.17, 15) is 19.2 Å². The number of ketones is 1. The number of carbonyl (C=O) groups is 4. The Morgan fingerprint density at radius 2 is 1.66 bits per heavy atom. The van der Waals surface area contributed by atoms with Crippen LogP contribution in [0.1, 0.15) is 45.0 Å². The number of hydrogen-bond donors (Lipinski definition) is 1. The fourth-order valence-corrected chi connectivity index (χ4v) is 2.97. The summed E-state index contributed by atoms with van der Waals surface area (Å²) in [6.07, 6.45) is -1.30. The summed E-state index contributed by atoms with van der Waals surface area (Å²) < 4.78 is 11.0. The van der Waals surface area contributed by atoms with Gasteiger partial charge in [-0.15, -0.1) is 0 Å². The maximum Gasteiger partial charge on any atom is 0.410 e. The van der Waals surface area contributed by atoms with Crippen LogP contribution in [-0.4, -0.2) is 83.6 Å². The third-order valence-corrected chi connectivity index (χ3v) is 4.69. The van der Waals surface area contributed by atoms with Crippen molar-refractivity contribution >= 4 is 23.8 Å². The number of nitrogens with zero attached hydrogens (tertiary/aromatic N) is 3.